The molecule has 3 N–H and O–H groups in total. The first kappa shape index (κ1) is 12.6. The van der Waals surface area contributed by atoms with Gasteiger partial charge in [-0.1, -0.05) is 26.8 Å². The molecule has 5 nitrogen and oxygen atoms in total. The molecule has 1 heterocycles. The van der Waals surface area contributed by atoms with Crippen molar-refractivity contribution in [2.45, 2.75) is 26.2 Å². The minimum atomic E-state index is -0.123. The zero-order valence-corrected chi connectivity index (χ0v) is 11.3. The van der Waals surface area contributed by atoms with Crippen LogP contribution >= 0.6 is 11.5 Å². The van der Waals surface area contributed by atoms with Gasteiger partial charge < -0.3 is 15.6 Å². The number of benzene rings is 1. The van der Waals surface area contributed by atoms with Gasteiger partial charge >= 0.3 is 0 Å². The van der Waals surface area contributed by atoms with Crippen LogP contribution in [0.2, 0.25) is 0 Å². The Morgan fingerprint density at radius 2 is 2.06 bits per heavy atom. The van der Waals surface area contributed by atoms with Crippen LogP contribution in [0.3, 0.4) is 0 Å². The van der Waals surface area contributed by atoms with E-state index in [-0.39, 0.29) is 16.9 Å². The lowest BCUT2D eigenvalue weighted by molar-refractivity contribution is 0.454. The molecule has 2 rings (SSSR count). The summed E-state index contributed by atoms with van der Waals surface area (Å²) < 4.78 is 9.76. The summed E-state index contributed by atoms with van der Waals surface area (Å²) in [4.78, 5) is 4.30. The van der Waals surface area contributed by atoms with Crippen molar-refractivity contribution in [2.24, 2.45) is 0 Å². The Morgan fingerprint density at radius 1 is 1.33 bits per heavy atom. The van der Waals surface area contributed by atoms with Crippen LogP contribution in [0.5, 0.6) is 16.7 Å². The highest BCUT2D eigenvalue weighted by Crippen LogP contribution is 2.35. The van der Waals surface area contributed by atoms with Crippen molar-refractivity contribution < 1.29 is 9.84 Å². The number of phenols is 1. The Morgan fingerprint density at radius 3 is 2.67 bits per heavy atom. The molecule has 0 aliphatic rings. The quantitative estimate of drug-likeness (QED) is 0.644. The summed E-state index contributed by atoms with van der Waals surface area (Å²) in [7, 11) is 0. The lowest BCUT2D eigenvalue weighted by Gasteiger charge is -2.12. The molecule has 0 aliphatic heterocycles. The van der Waals surface area contributed by atoms with Gasteiger partial charge in [-0.2, -0.15) is 9.36 Å². The zero-order chi connectivity index (χ0) is 13.3. The first-order valence-corrected chi connectivity index (χ1v) is 6.25. The average Bonchev–Trinajstić information content (AvgIpc) is 2.73. The van der Waals surface area contributed by atoms with Crippen LogP contribution in [0.1, 0.15) is 26.6 Å². The summed E-state index contributed by atoms with van der Waals surface area (Å²) in [5, 5.41) is 9.89. The molecule has 0 unspecified atom stereocenters. The van der Waals surface area contributed by atoms with E-state index in [0.29, 0.717) is 10.9 Å². The van der Waals surface area contributed by atoms with Gasteiger partial charge in [0.1, 0.15) is 11.4 Å². The van der Waals surface area contributed by atoms with Crippen molar-refractivity contribution in [3.63, 3.8) is 0 Å². The maximum Gasteiger partial charge on any atom is 0.298 e. The summed E-state index contributed by atoms with van der Waals surface area (Å²) in [5.41, 5.74) is 5.78. The highest BCUT2D eigenvalue weighted by atomic mass is 32.1. The van der Waals surface area contributed by atoms with Crippen LogP contribution in [0.25, 0.3) is 0 Å². The minimum Gasteiger partial charge on any atom is -0.506 e. The highest BCUT2D eigenvalue weighted by Gasteiger charge is 2.20. The number of ether oxygens (including phenoxy) is 1. The largest absolute Gasteiger partial charge is 0.506 e. The topological polar surface area (TPSA) is 81.3 Å². The molecule has 0 amide bonds. The molecular weight excluding hydrogens is 250 g/mol. The van der Waals surface area contributed by atoms with Gasteiger partial charge in [-0.05, 0) is 12.1 Å². The molecule has 18 heavy (non-hydrogen) atoms. The fourth-order valence-electron chi connectivity index (χ4n) is 1.27. The molecule has 0 bridgehead atoms. The van der Waals surface area contributed by atoms with Gasteiger partial charge in [0.2, 0.25) is 0 Å². The van der Waals surface area contributed by atoms with E-state index >= 15 is 0 Å². The fraction of sp³-hybridized carbons (Fsp3) is 0.333. The summed E-state index contributed by atoms with van der Waals surface area (Å²) >= 11 is 1.17. The number of aromatic hydroxyl groups is 1. The Bertz CT molecular complexity index is 561. The van der Waals surface area contributed by atoms with E-state index < -0.39 is 0 Å². The second kappa shape index (κ2) is 4.45. The zero-order valence-electron chi connectivity index (χ0n) is 10.5. The van der Waals surface area contributed by atoms with Crippen LogP contribution in [-0.2, 0) is 5.41 Å². The second-order valence-corrected chi connectivity index (χ2v) is 5.64. The van der Waals surface area contributed by atoms with E-state index in [2.05, 4.69) is 9.36 Å². The fourth-order valence-corrected chi connectivity index (χ4v) is 2.00. The summed E-state index contributed by atoms with van der Waals surface area (Å²) in [6.45, 7) is 6.09. The van der Waals surface area contributed by atoms with Crippen LogP contribution in [-0.4, -0.2) is 14.5 Å². The van der Waals surface area contributed by atoms with Crippen molar-refractivity contribution >= 4 is 17.2 Å². The summed E-state index contributed by atoms with van der Waals surface area (Å²) in [5.74, 6) is 1.10. The van der Waals surface area contributed by atoms with Gasteiger partial charge in [0.25, 0.3) is 5.19 Å². The van der Waals surface area contributed by atoms with Gasteiger partial charge in [-0.3, -0.25) is 0 Å². The van der Waals surface area contributed by atoms with E-state index in [1.54, 1.807) is 12.1 Å². The molecule has 6 heteroatoms. The van der Waals surface area contributed by atoms with E-state index in [1.165, 1.54) is 17.6 Å². The third-order valence-corrected chi connectivity index (χ3v) is 2.91. The molecule has 96 valence electrons. The predicted molar refractivity (Wildman–Crippen MR) is 71.2 cm³/mol. The van der Waals surface area contributed by atoms with Crippen molar-refractivity contribution in [3.05, 3.63) is 24.0 Å². The Balaban J connectivity index is 2.24. The Kier molecular flexibility index (Phi) is 3.13. The Labute approximate surface area is 109 Å². The predicted octanol–water partition coefficient (Wildman–Crippen LogP) is 2.92. The van der Waals surface area contributed by atoms with Crippen LogP contribution in [0.4, 0.5) is 5.69 Å². The van der Waals surface area contributed by atoms with Crippen molar-refractivity contribution in [3.8, 4) is 16.7 Å². The van der Waals surface area contributed by atoms with Crippen molar-refractivity contribution in [2.75, 3.05) is 5.73 Å². The van der Waals surface area contributed by atoms with Crippen LogP contribution in [0.15, 0.2) is 18.2 Å². The number of hydrogen-bond donors (Lipinski definition) is 2. The molecule has 0 atom stereocenters. The molecule has 0 radical (unpaired) electrons. The van der Waals surface area contributed by atoms with Gasteiger partial charge in [-0.15, -0.1) is 0 Å². The van der Waals surface area contributed by atoms with Gasteiger partial charge in [0.15, 0.2) is 11.6 Å². The standard InChI is InChI=1S/C12H15N3O2S/c1-12(2,3)10-14-11(18-15-10)17-8-6-4-5-7(16)9(8)13/h4-6,16H,13H2,1-3H3. The van der Waals surface area contributed by atoms with Crippen molar-refractivity contribution in [1.82, 2.24) is 9.36 Å². The van der Waals surface area contributed by atoms with Crippen LogP contribution in [0, 0.1) is 0 Å². The molecule has 0 spiro atoms. The average molecular weight is 265 g/mol. The smallest absolute Gasteiger partial charge is 0.298 e. The van der Waals surface area contributed by atoms with E-state index in [0.717, 1.165) is 5.82 Å². The molecule has 1 aromatic heterocycles. The number of nitrogen functional groups attached to an aromatic ring is 1. The van der Waals surface area contributed by atoms with Gasteiger partial charge in [-0.25, -0.2) is 0 Å². The number of hydrogen-bond acceptors (Lipinski definition) is 6. The monoisotopic (exact) mass is 265 g/mol. The first-order valence-electron chi connectivity index (χ1n) is 5.47. The van der Waals surface area contributed by atoms with Crippen molar-refractivity contribution in [1.29, 1.82) is 0 Å². The molecule has 0 saturated heterocycles. The highest BCUT2D eigenvalue weighted by molar-refractivity contribution is 7.07. The number of aromatic nitrogens is 2. The van der Waals surface area contributed by atoms with E-state index in [9.17, 15) is 5.11 Å². The number of para-hydroxylation sites is 1. The first-order chi connectivity index (χ1) is 8.38. The van der Waals surface area contributed by atoms with E-state index in [4.69, 9.17) is 10.5 Å². The number of anilines is 1. The van der Waals surface area contributed by atoms with Crippen LogP contribution < -0.4 is 10.5 Å². The lowest BCUT2D eigenvalue weighted by atomic mass is 9.96. The minimum absolute atomic E-state index is 0.00643. The normalized spacial score (nSPS) is 11.5. The summed E-state index contributed by atoms with van der Waals surface area (Å²) in [6.07, 6.45) is 0. The second-order valence-electron chi connectivity index (χ2n) is 4.92. The number of rotatable bonds is 2. The molecule has 0 saturated carbocycles. The van der Waals surface area contributed by atoms with Gasteiger partial charge in [0.05, 0.1) is 0 Å². The number of nitrogens with zero attached hydrogens (tertiary/aromatic N) is 2. The lowest BCUT2D eigenvalue weighted by Crippen LogP contribution is -2.12. The van der Waals surface area contributed by atoms with E-state index in [1.807, 2.05) is 20.8 Å². The molecule has 2 aromatic rings. The SMILES string of the molecule is CC(C)(C)c1nsc(Oc2cccc(O)c2N)n1. The van der Waals surface area contributed by atoms with Gasteiger partial charge in [0, 0.05) is 16.9 Å². The summed E-state index contributed by atoms with van der Waals surface area (Å²) in [6, 6.07) is 4.84. The Hall–Kier alpha value is -1.82. The number of nitrogens with two attached hydrogens (primary N) is 1. The molecular formula is C12H15N3O2S. The maximum atomic E-state index is 9.47. The third-order valence-electron chi connectivity index (χ3n) is 2.32. The maximum absolute atomic E-state index is 9.47. The molecule has 1 aromatic carbocycles. The number of phenolic OH excluding ortho intramolecular Hbond substituents is 1. The molecule has 0 fully saturated rings. The third kappa shape index (κ3) is 2.53. The molecule has 0 aliphatic carbocycles.